The van der Waals surface area contributed by atoms with Gasteiger partial charge in [0.2, 0.25) is 0 Å². The quantitative estimate of drug-likeness (QED) is 0.611. The van der Waals surface area contributed by atoms with E-state index in [0.29, 0.717) is 12.3 Å². The summed E-state index contributed by atoms with van der Waals surface area (Å²) in [6.07, 6.45) is 9.37. The first kappa shape index (κ1) is 8.87. The van der Waals surface area contributed by atoms with Gasteiger partial charge in [-0.2, -0.15) is 0 Å². The van der Waals surface area contributed by atoms with Crippen LogP contribution < -0.4 is 0 Å². The summed E-state index contributed by atoms with van der Waals surface area (Å²) in [6.45, 7) is 3.00. The number of carbonyl (C=O) groups excluding carboxylic acids is 1. The second-order valence-corrected chi connectivity index (χ2v) is 2.97. The molecule has 0 aliphatic carbocycles. The van der Waals surface area contributed by atoms with Crippen LogP contribution in [0.3, 0.4) is 0 Å². The van der Waals surface area contributed by atoms with E-state index in [1.165, 1.54) is 0 Å². The van der Waals surface area contributed by atoms with Gasteiger partial charge in [0.1, 0.15) is 5.70 Å². The summed E-state index contributed by atoms with van der Waals surface area (Å²) in [5.74, 6) is -0.284. The standard InChI is InChI=1S/C10H12N2O2/c1-2-14-10(13)9-5-3-6-11-7-4-8-12(9)11/h3-6,8H,2,7H2,1H3. The minimum atomic E-state index is -0.284. The topological polar surface area (TPSA) is 32.8 Å². The van der Waals surface area contributed by atoms with Crippen LogP contribution in [0.4, 0.5) is 0 Å². The van der Waals surface area contributed by atoms with E-state index in [2.05, 4.69) is 0 Å². The molecule has 0 saturated carbocycles. The SMILES string of the molecule is CCOC(=O)C1=CC=CN2CC=CN12. The van der Waals surface area contributed by atoms with Gasteiger partial charge >= 0.3 is 5.97 Å². The van der Waals surface area contributed by atoms with E-state index >= 15 is 0 Å². The van der Waals surface area contributed by atoms with Crippen LogP contribution in [0.1, 0.15) is 6.92 Å². The van der Waals surface area contributed by atoms with E-state index in [1.54, 1.807) is 18.0 Å². The van der Waals surface area contributed by atoms with Gasteiger partial charge in [-0.05, 0) is 25.2 Å². The number of ether oxygens (including phenoxy) is 1. The highest BCUT2D eigenvalue weighted by molar-refractivity contribution is 5.88. The second kappa shape index (κ2) is 3.57. The third-order valence-electron chi connectivity index (χ3n) is 2.06. The van der Waals surface area contributed by atoms with E-state index in [-0.39, 0.29) is 5.97 Å². The summed E-state index contributed by atoms with van der Waals surface area (Å²) < 4.78 is 4.95. The summed E-state index contributed by atoms with van der Waals surface area (Å²) in [4.78, 5) is 11.5. The molecule has 2 heterocycles. The minimum Gasteiger partial charge on any atom is -0.461 e. The van der Waals surface area contributed by atoms with Crippen molar-refractivity contribution in [2.24, 2.45) is 0 Å². The fourth-order valence-corrected chi connectivity index (χ4v) is 1.46. The lowest BCUT2D eigenvalue weighted by molar-refractivity contribution is -0.141. The molecule has 2 aliphatic heterocycles. The van der Waals surface area contributed by atoms with Crippen LogP contribution >= 0.6 is 0 Å². The predicted molar refractivity (Wildman–Crippen MR) is 51.5 cm³/mol. The molecule has 0 amide bonds. The Morgan fingerprint density at radius 2 is 2.43 bits per heavy atom. The third-order valence-corrected chi connectivity index (χ3v) is 2.06. The zero-order valence-electron chi connectivity index (χ0n) is 8.01. The smallest absolute Gasteiger partial charge is 0.356 e. The Morgan fingerprint density at radius 3 is 3.21 bits per heavy atom. The molecule has 14 heavy (non-hydrogen) atoms. The van der Waals surface area contributed by atoms with Gasteiger partial charge in [-0.15, -0.1) is 0 Å². The van der Waals surface area contributed by atoms with E-state index in [9.17, 15) is 4.79 Å². The molecule has 0 aromatic carbocycles. The Morgan fingerprint density at radius 1 is 1.57 bits per heavy atom. The Labute approximate surface area is 82.7 Å². The highest BCUT2D eigenvalue weighted by atomic mass is 16.5. The van der Waals surface area contributed by atoms with E-state index < -0.39 is 0 Å². The molecule has 0 radical (unpaired) electrons. The van der Waals surface area contributed by atoms with Gasteiger partial charge in [-0.25, -0.2) is 4.79 Å². The molecule has 0 aromatic rings. The molecule has 2 aliphatic rings. The maximum Gasteiger partial charge on any atom is 0.356 e. The third kappa shape index (κ3) is 1.39. The van der Waals surface area contributed by atoms with Crippen LogP contribution in [0.25, 0.3) is 0 Å². The molecule has 0 spiro atoms. The Bertz CT molecular complexity index is 331. The number of hydrogen-bond acceptors (Lipinski definition) is 4. The molecule has 4 nitrogen and oxygen atoms in total. The molecule has 0 unspecified atom stereocenters. The molecule has 0 aromatic heterocycles. The molecule has 4 heteroatoms. The summed E-state index contributed by atoms with van der Waals surface area (Å²) >= 11 is 0. The molecular weight excluding hydrogens is 180 g/mol. The first-order chi connectivity index (χ1) is 6.83. The van der Waals surface area contributed by atoms with E-state index in [4.69, 9.17) is 4.74 Å². The molecule has 0 N–H and O–H groups in total. The summed E-state index contributed by atoms with van der Waals surface area (Å²) in [5, 5.41) is 3.73. The van der Waals surface area contributed by atoms with Gasteiger partial charge in [0.05, 0.1) is 13.2 Å². The number of allylic oxidation sites excluding steroid dienone is 2. The number of carbonyl (C=O) groups is 1. The zero-order chi connectivity index (χ0) is 9.97. The van der Waals surface area contributed by atoms with Gasteiger partial charge in [0.15, 0.2) is 0 Å². The number of nitrogens with zero attached hydrogens (tertiary/aromatic N) is 2. The van der Waals surface area contributed by atoms with Crippen molar-refractivity contribution < 1.29 is 9.53 Å². The summed E-state index contributed by atoms with van der Waals surface area (Å²) in [7, 11) is 0. The molecular formula is C10H12N2O2. The lowest BCUT2D eigenvalue weighted by Gasteiger charge is -2.30. The van der Waals surface area contributed by atoms with Crippen molar-refractivity contribution in [3.63, 3.8) is 0 Å². The molecule has 0 fully saturated rings. The number of rotatable bonds is 2. The van der Waals surface area contributed by atoms with Crippen molar-refractivity contribution in [3.8, 4) is 0 Å². The van der Waals surface area contributed by atoms with Gasteiger partial charge in [-0.1, -0.05) is 0 Å². The first-order valence-electron chi connectivity index (χ1n) is 4.61. The maximum absolute atomic E-state index is 11.5. The number of hydrazine groups is 1. The van der Waals surface area contributed by atoms with E-state index in [1.807, 2.05) is 29.6 Å². The van der Waals surface area contributed by atoms with Crippen LogP contribution in [0.2, 0.25) is 0 Å². The van der Waals surface area contributed by atoms with Crippen molar-refractivity contribution in [2.45, 2.75) is 6.92 Å². The van der Waals surface area contributed by atoms with Crippen molar-refractivity contribution in [1.82, 2.24) is 10.0 Å². The second-order valence-electron chi connectivity index (χ2n) is 2.97. The van der Waals surface area contributed by atoms with Crippen LogP contribution in [0, 0.1) is 0 Å². The monoisotopic (exact) mass is 192 g/mol. The Balaban J connectivity index is 2.17. The summed E-state index contributed by atoms with van der Waals surface area (Å²) in [5.41, 5.74) is 0.558. The highest BCUT2D eigenvalue weighted by Gasteiger charge is 2.24. The largest absolute Gasteiger partial charge is 0.461 e. The van der Waals surface area contributed by atoms with Crippen molar-refractivity contribution in [2.75, 3.05) is 13.2 Å². The van der Waals surface area contributed by atoms with Gasteiger partial charge in [0, 0.05) is 12.4 Å². The van der Waals surface area contributed by atoms with Crippen LogP contribution in [0.15, 0.2) is 36.3 Å². The summed E-state index contributed by atoms with van der Waals surface area (Å²) in [6, 6.07) is 0. The highest BCUT2D eigenvalue weighted by Crippen LogP contribution is 2.20. The van der Waals surface area contributed by atoms with Crippen molar-refractivity contribution in [3.05, 3.63) is 36.3 Å². The number of hydrogen-bond donors (Lipinski definition) is 0. The number of fused-ring (bicyclic) bond motifs is 1. The fraction of sp³-hybridized carbons (Fsp3) is 0.300. The molecule has 2 rings (SSSR count). The Kier molecular flexibility index (Phi) is 2.26. The van der Waals surface area contributed by atoms with Gasteiger partial charge in [0.25, 0.3) is 0 Å². The van der Waals surface area contributed by atoms with Gasteiger partial charge in [-0.3, -0.25) is 10.0 Å². The molecule has 0 saturated heterocycles. The zero-order valence-corrected chi connectivity index (χ0v) is 8.01. The normalized spacial score (nSPS) is 18.2. The maximum atomic E-state index is 11.5. The van der Waals surface area contributed by atoms with Crippen molar-refractivity contribution in [1.29, 1.82) is 0 Å². The molecule has 74 valence electrons. The lowest BCUT2D eigenvalue weighted by Crippen LogP contribution is -2.35. The lowest BCUT2D eigenvalue weighted by atomic mass is 10.3. The Hall–Kier alpha value is -1.71. The van der Waals surface area contributed by atoms with E-state index in [0.717, 1.165) is 6.54 Å². The predicted octanol–water partition coefficient (Wildman–Crippen LogP) is 1.01. The first-order valence-corrected chi connectivity index (χ1v) is 4.61. The number of esters is 1. The van der Waals surface area contributed by atoms with Crippen LogP contribution in [-0.2, 0) is 9.53 Å². The average molecular weight is 192 g/mol. The minimum absolute atomic E-state index is 0.284. The van der Waals surface area contributed by atoms with Crippen molar-refractivity contribution >= 4 is 5.97 Å². The fourth-order valence-electron chi connectivity index (χ4n) is 1.46. The van der Waals surface area contributed by atoms with Crippen LogP contribution in [-0.4, -0.2) is 29.1 Å². The molecule has 0 atom stereocenters. The average Bonchev–Trinajstić information content (AvgIpc) is 2.65. The van der Waals surface area contributed by atoms with Crippen LogP contribution in [0.5, 0.6) is 0 Å². The van der Waals surface area contributed by atoms with Gasteiger partial charge < -0.3 is 4.74 Å². The molecule has 0 bridgehead atoms.